The van der Waals surface area contributed by atoms with Crippen LogP contribution in [0.3, 0.4) is 0 Å². The quantitative estimate of drug-likeness (QED) is 0.364. The van der Waals surface area contributed by atoms with E-state index in [1.807, 2.05) is 6.07 Å². The third-order valence-electron chi connectivity index (χ3n) is 1.52. The zero-order chi connectivity index (χ0) is 11.3. The molecule has 0 aliphatic carbocycles. The zero-order valence-corrected chi connectivity index (χ0v) is 9.14. The summed E-state index contributed by atoms with van der Waals surface area (Å²) in [5.41, 5.74) is 6.07. The molecule has 0 fully saturated rings. The second kappa shape index (κ2) is 5.29. The van der Waals surface area contributed by atoms with E-state index in [9.17, 15) is 0 Å². The summed E-state index contributed by atoms with van der Waals surface area (Å²) in [5, 5.41) is 11.8. The minimum atomic E-state index is 0.0324. The minimum Gasteiger partial charge on any atom is -0.389 e. The lowest BCUT2D eigenvalue weighted by atomic mass is 10.3. The molecule has 4 nitrogen and oxygen atoms in total. The van der Waals surface area contributed by atoms with Gasteiger partial charge in [-0.15, -0.1) is 0 Å². The SMILES string of the molecule is N#C/C(=C\Nc1cccnc1Cl)C(N)=S. The van der Waals surface area contributed by atoms with Crippen LogP contribution >= 0.6 is 23.8 Å². The highest BCUT2D eigenvalue weighted by atomic mass is 35.5. The summed E-state index contributed by atoms with van der Waals surface area (Å²) < 4.78 is 0. The van der Waals surface area contributed by atoms with Crippen molar-refractivity contribution < 1.29 is 0 Å². The Morgan fingerprint density at radius 2 is 2.47 bits per heavy atom. The Hall–Kier alpha value is -1.64. The molecule has 1 aromatic rings. The number of pyridine rings is 1. The van der Waals surface area contributed by atoms with Crippen LogP contribution in [-0.4, -0.2) is 9.97 Å². The number of thiocarbonyl (C=S) groups is 1. The molecule has 0 saturated carbocycles. The normalized spacial score (nSPS) is 10.5. The number of hydrogen-bond donors (Lipinski definition) is 2. The standard InChI is InChI=1S/C9H7ClN4S/c10-8-7(2-1-3-13-8)14-5-6(4-11)9(12)15/h1-3,5,14H,(H2,12,15)/b6-5+. The van der Waals surface area contributed by atoms with Crippen LogP contribution in [0.2, 0.25) is 5.15 Å². The molecule has 15 heavy (non-hydrogen) atoms. The number of halogens is 1. The van der Waals surface area contributed by atoms with E-state index in [2.05, 4.69) is 22.5 Å². The Morgan fingerprint density at radius 3 is 3.00 bits per heavy atom. The molecule has 0 saturated heterocycles. The van der Waals surface area contributed by atoms with Crippen molar-refractivity contribution in [3.05, 3.63) is 35.3 Å². The van der Waals surface area contributed by atoms with Gasteiger partial charge in [0.2, 0.25) is 0 Å². The Labute approximate surface area is 97.4 Å². The summed E-state index contributed by atoms with van der Waals surface area (Å²) in [6.07, 6.45) is 2.96. The first-order valence-electron chi connectivity index (χ1n) is 3.92. The molecule has 0 bridgehead atoms. The van der Waals surface area contributed by atoms with Crippen LogP contribution in [0.1, 0.15) is 0 Å². The Morgan fingerprint density at radius 1 is 1.73 bits per heavy atom. The maximum Gasteiger partial charge on any atom is 0.152 e. The highest BCUT2D eigenvalue weighted by Gasteiger charge is 2.00. The van der Waals surface area contributed by atoms with Gasteiger partial charge in [-0.25, -0.2) is 4.98 Å². The number of hydrogen-bond acceptors (Lipinski definition) is 4. The molecule has 0 unspecified atom stereocenters. The first kappa shape index (κ1) is 11.4. The molecular weight excluding hydrogens is 232 g/mol. The number of anilines is 1. The maximum absolute atomic E-state index is 8.67. The second-order valence-corrected chi connectivity index (χ2v) is 3.32. The predicted octanol–water partition coefficient (Wildman–Crippen LogP) is 1.84. The van der Waals surface area contributed by atoms with E-state index in [1.54, 1.807) is 18.3 Å². The molecule has 0 spiro atoms. The van der Waals surface area contributed by atoms with Gasteiger partial charge < -0.3 is 11.1 Å². The van der Waals surface area contributed by atoms with E-state index in [0.717, 1.165) is 0 Å². The predicted molar refractivity (Wildman–Crippen MR) is 63.4 cm³/mol. The third-order valence-corrected chi connectivity index (χ3v) is 2.04. The molecule has 1 rings (SSSR count). The molecule has 0 atom stereocenters. The van der Waals surface area contributed by atoms with Gasteiger partial charge in [-0.3, -0.25) is 0 Å². The summed E-state index contributed by atoms with van der Waals surface area (Å²) in [4.78, 5) is 3.89. The minimum absolute atomic E-state index is 0.0324. The molecule has 0 aromatic carbocycles. The van der Waals surface area contributed by atoms with Crippen molar-refractivity contribution in [1.82, 2.24) is 4.98 Å². The van der Waals surface area contributed by atoms with Gasteiger partial charge >= 0.3 is 0 Å². The fourth-order valence-corrected chi connectivity index (χ4v) is 1.08. The van der Waals surface area contributed by atoms with Crippen molar-refractivity contribution in [2.24, 2.45) is 5.73 Å². The third kappa shape index (κ3) is 3.20. The average Bonchev–Trinajstić information content (AvgIpc) is 2.21. The molecule has 0 aliphatic rings. The van der Waals surface area contributed by atoms with Gasteiger partial charge in [-0.2, -0.15) is 5.26 Å². The second-order valence-electron chi connectivity index (χ2n) is 2.52. The lowest BCUT2D eigenvalue weighted by Gasteiger charge is -2.02. The van der Waals surface area contributed by atoms with E-state index in [4.69, 9.17) is 22.6 Å². The van der Waals surface area contributed by atoms with Crippen molar-refractivity contribution in [2.45, 2.75) is 0 Å². The number of nitrogens with two attached hydrogens (primary N) is 1. The number of nitrogens with one attached hydrogen (secondary N) is 1. The monoisotopic (exact) mass is 238 g/mol. The first-order chi connectivity index (χ1) is 7.15. The van der Waals surface area contributed by atoms with Gasteiger partial charge in [0.1, 0.15) is 16.6 Å². The van der Waals surface area contributed by atoms with Crippen LogP contribution in [-0.2, 0) is 0 Å². The fourth-order valence-electron chi connectivity index (χ4n) is 0.802. The van der Waals surface area contributed by atoms with Crippen LogP contribution in [0, 0.1) is 11.3 Å². The highest BCUT2D eigenvalue weighted by molar-refractivity contribution is 7.80. The van der Waals surface area contributed by atoms with Gasteiger partial charge in [0.05, 0.1) is 5.69 Å². The summed E-state index contributed by atoms with van der Waals surface area (Å²) in [6.45, 7) is 0. The summed E-state index contributed by atoms with van der Waals surface area (Å²) in [7, 11) is 0. The number of nitriles is 1. The van der Waals surface area contributed by atoms with Gasteiger partial charge in [-0.1, -0.05) is 23.8 Å². The summed E-state index contributed by atoms with van der Waals surface area (Å²) in [6, 6.07) is 5.30. The fraction of sp³-hybridized carbons (Fsp3) is 0. The molecule has 0 aliphatic heterocycles. The zero-order valence-electron chi connectivity index (χ0n) is 7.57. The van der Waals surface area contributed by atoms with Gasteiger partial charge in [0, 0.05) is 12.4 Å². The van der Waals surface area contributed by atoms with E-state index in [-0.39, 0.29) is 10.6 Å². The lowest BCUT2D eigenvalue weighted by molar-refractivity contribution is 1.32. The highest BCUT2D eigenvalue weighted by Crippen LogP contribution is 2.17. The number of rotatable bonds is 3. The van der Waals surface area contributed by atoms with Gasteiger partial charge in [0.25, 0.3) is 0 Å². The average molecular weight is 239 g/mol. The van der Waals surface area contributed by atoms with Crippen molar-refractivity contribution in [1.29, 1.82) is 5.26 Å². The van der Waals surface area contributed by atoms with Crippen LogP contribution in [0.25, 0.3) is 0 Å². The molecule has 76 valence electrons. The molecule has 6 heteroatoms. The molecule has 0 amide bonds. The van der Waals surface area contributed by atoms with E-state index >= 15 is 0 Å². The number of nitrogens with zero attached hydrogens (tertiary/aromatic N) is 2. The maximum atomic E-state index is 8.67. The van der Waals surface area contributed by atoms with Crippen molar-refractivity contribution in [3.8, 4) is 6.07 Å². The molecule has 1 aromatic heterocycles. The van der Waals surface area contributed by atoms with E-state index < -0.39 is 0 Å². The van der Waals surface area contributed by atoms with Crippen molar-refractivity contribution in [2.75, 3.05) is 5.32 Å². The van der Waals surface area contributed by atoms with Crippen LogP contribution in [0.4, 0.5) is 5.69 Å². The summed E-state index contributed by atoms with van der Waals surface area (Å²) >= 11 is 10.4. The smallest absolute Gasteiger partial charge is 0.152 e. The molecular formula is C9H7ClN4S. The summed E-state index contributed by atoms with van der Waals surface area (Å²) in [5.74, 6) is 0. The van der Waals surface area contributed by atoms with Crippen LogP contribution < -0.4 is 11.1 Å². The Balaban J connectivity index is 2.85. The van der Waals surface area contributed by atoms with Gasteiger partial charge in [0.15, 0.2) is 5.15 Å². The topological polar surface area (TPSA) is 74.7 Å². The van der Waals surface area contributed by atoms with Crippen LogP contribution in [0.15, 0.2) is 30.1 Å². The van der Waals surface area contributed by atoms with Crippen LogP contribution in [0.5, 0.6) is 0 Å². The van der Waals surface area contributed by atoms with E-state index in [1.165, 1.54) is 6.20 Å². The number of aromatic nitrogens is 1. The van der Waals surface area contributed by atoms with Crippen molar-refractivity contribution in [3.63, 3.8) is 0 Å². The first-order valence-corrected chi connectivity index (χ1v) is 4.71. The van der Waals surface area contributed by atoms with E-state index in [0.29, 0.717) is 10.8 Å². The van der Waals surface area contributed by atoms with Crippen molar-refractivity contribution >= 4 is 34.5 Å². The van der Waals surface area contributed by atoms with Gasteiger partial charge in [-0.05, 0) is 12.1 Å². The Bertz CT molecular complexity index is 450. The molecule has 1 heterocycles. The molecule has 3 N–H and O–H groups in total. The largest absolute Gasteiger partial charge is 0.389 e. The Kier molecular flexibility index (Phi) is 4.03. The lowest BCUT2D eigenvalue weighted by Crippen LogP contribution is -2.11. The molecule has 0 radical (unpaired) electrons.